The number of carboxylic acids is 1. The van der Waals surface area contributed by atoms with Crippen LogP contribution in [-0.4, -0.2) is 22.0 Å². The van der Waals surface area contributed by atoms with Crippen LogP contribution in [0, 0.1) is 5.82 Å². The molecule has 0 saturated carbocycles. The van der Waals surface area contributed by atoms with Crippen LogP contribution in [0.25, 0.3) is 0 Å². The Morgan fingerprint density at radius 1 is 1.21 bits per heavy atom. The first kappa shape index (κ1) is 12.7. The molecule has 1 aromatic carbocycles. The predicted molar refractivity (Wildman–Crippen MR) is 65.5 cm³/mol. The van der Waals surface area contributed by atoms with Gasteiger partial charge < -0.3 is 10.4 Å². The molecule has 0 saturated heterocycles. The zero-order valence-electron chi connectivity index (χ0n) is 9.63. The molecule has 2 N–H and O–H groups in total. The molecular formula is C13H9FN2O3. The molecule has 0 unspecified atom stereocenters. The Morgan fingerprint density at radius 3 is 2.63 bits per heavy atom. The minimum absolute atomic E-state index is 0.0181. The molecule has 19 heavy (non-hydrogen) atoms. The molecule has 0 fully saturated rings. The summed E-state index contributed by atoms with van der Waals surface area (Å²) in [6.45, 7) is 0. The average Bonchev–Trinajstić information content (AvgIpc) is 2.41. The second-order valence-corrected chi connectivity index (χ2v) is 3.66. The normalized spacial score (nSPS) is 9.95. The molecule has 0 spiro atoms. The molecule has 0 aliphatic rings. The summed E-state index contributed by atoms with van der Waals surface area (Å²) in [6.07, 6.45) is 1.44. The number of aromatic nitrogens is 1. The summed E-state index contributed by atoms with van der Waals surface area (Å²) in [7, 11) is 0. The number of nitrogens with zero attached hydrogens (tertiary/aromatic N) is 1. The van der Waals surface area contributed by atoms with Gasteiger partial charge >= 0.3 is 5.97 Å². The van der Waals surface area contributed by atoms with Crippen molar-refractivity contribution in [2.75, 3.05) is 5.32 Å². The van der Waals surface area contributed by atoms with Crippen molar-refractivity contribution in [2.45, 2.75) is 0 Å². The number of aromatic carboxylic acids is 1. The fourth-order valence-electron chi connectivity index (χ4n) is 1.49. The van der Waals surface area contributed by atoms with Gasteiger partial charge in [-0.15, -0.1) is 0 Å². The number of nitrogens with one attached hydrogen (secondary N) is 1. The third-order valence-corrected chi connectivity index (χ3v) is 2.36. The Morgan fingerprint density at radius 2 is 2.00 bits per heavy atom. The lowest BCUT2D eigenvalue weighted by Gasteiger charge is -2.08. The lowest BCUT2D eigenvalue weighted by atomic mass is 10.1. The zero-order chi connectivity index (χ0) is 13.8. The standard InChI is InChI=1S/C13H9FN2O3/c14-8-4-5-10(9(7-8)13(18)19)16-12(17)11-3-1-2-6-15-11/h1-7H,(H,16,17)(H,18,19). The van der Waals surface area contributed by atoms with Gasteiger partial charge in [-0.1, -0.05) is 6.07 Å². The van der Waals surface area contributed by atoms with Crippen molar-refractivity contribution in [1.29, 1.82) is 0 Å². The van der Waals surface area contributed by atoms with Gasteiger partial charge in [-0.05, 0) is 30.3 Å². The molecule has 1 aromatic heterocycles. The Kier molecular flexibility index (Phi) is 3.51. The van der Waals surface area contributed by atoms with Crippen LogP contribution in [0.2, 0.25) is 0 Å². The van der Waals surface area contributed by atoms with E-state index >= 15 is 0 Å². The minimum atomic E-state index is -1.32. The third kappa shape index (κ3) is 2.92. The van der Waals surface area contributed by atoms with Crippen molar-refractivity contribution < 1.29 is 19.1 Å². The molecule has 2 rings (SSSR count). The maximum Gasteiger partial charge on any atom is 0.337 e. The van der Waals surface area contributed by atoms with E-state index in [2.05, 4.69) is 10.3 Å². The highest BCUT2D eigenvalue weighted by molar-refractivity contribution is 6.06. The number of anilines is 1. The van der Waals surface area contributed by atoms with Crippen LogP contribution in [0.3, 0.4) is 0 Å². The van der Waals surface area contributed by atoms with E-state index in [0.717, 1.165) is 12.1 Å². The number of hydrogen-bond donors (Lipinski definition) is 2. The highest BCUT2D eigenvalue weighted by Gasteiger charge is 2.14. The Labute approximate surface area is 107 Å². The summed E-state index contributed by atoms with van der Waals surface area (Å²) < 4.78 is 13.0. The van der Waals surface area contributed by atoms with Crippen LogP contribution in [-0.2, 0) is 0 Å². The smallest absolute Gasteiger partial charge is 0.337 e. The largest absolute Gasteiger partial charge is 0.478 e. The third-order valence-electron chi connectivity index (χ3n) is 2.36. The lowest BCUT2D eigenvalue weighted by Crippen LogP contribution is -2.16. The van der Waals surface area contributed by atoms with Gasteiger partial charge in [0.2, 0.25) is 0 Å². The summed E-state index contributed by atoms with van der Waals surface area (Å²) in [5, 5.41) is 11.3. The minimum Gasteiger partial charge on any atom is -0.478 e. The highest BCUT2D eigenvalue weighted by atomic mass is 19.1. The van der Waals surface area contributed by atoms with E-state index in [-0.39, 0.29) is 16.9 Å². The van der Waals surface area contributed by atoms with Crippen molar-refractivity contribution in [3.63, 3.8) is 0 Å². The van der Waals surface area contributed by atoms with Gasteiger partial charge in [0.1, 0.15) is 11.5 Å². The summed E-state index contributed by atoms with van der Waals surface area (Å²) in [4.78, 5) is 26.6. The maximum atomic E-state index is 13.0. The first-order valence-corrected chi connectivity index (χ1v) is 5.33. The number of halogens is 1. The van der Waals surface area contributed by atoms with Crippen LogP contribution >= 0.6 is 0 Å². The molecule has 0 radical (unpaired) electrons. The summed E-state index contributed by atoms with van der Waals surface area (Å²) in [5.41, 5.74) is -0.156. The number of carbonyl (C=O) groups excluding carboxylic acids is 1. The average molecular weight is 260 g/mol. The van der Waals surface area contributed by atoms with E-state index in [1.807, 2.05) is 0 Å². The first-order valence-electron chi connectivity index (χ1n) is 5.33. The zero-order valence-corrected chi connectivity index (χ0v) is 9.63. The number of hydrogen-bond acceptors (Lipinski definition) is 3. The van der Waals surface area contributed by atoms with Crippen LogP contribution in [0.15, 0.2) is 42.6 Å². The van der Waals surface area contributed by atoms with E-state index in [1.165, 1.54) is 18.3 Å². The monoisotopic (exact) mass is 260 g/mol. The number of pyridine rings is 1. The highest BCUT2D eigenvalue weighted by Crippen LogP contribution is 2.17. The van der Waals surface area contributed by atoms with Crippen molar-refractivity contribution >= 4 is 17.6 Å². The number of carbonyl (C=O) groups is 2. The van der Waals surface area contributed by atoms with E-state index in [1.54, 1.807) is 12.1 Å². The van der Waals surface area contributed by atoms with Gasteiger partial charge in [0.05, 0.1) is 11.3 Å². The van der Waals surface area contributed by atoms with Gasteiger partial charge in [0.25, 0.3) is 5.91 Å². The van der Waals surface area contributed by atoms with E-state index in [0.29, 0.717) is 0 Å². The summed E-state index contributed by atoms with van der Waals surface area (Å²) in [6, 6.07) is 7.87. The van der Waals surface area contributed by atoms with Gasteiger partial charge in [-0.25, -0.2) is 9.18 Å². The van der Waals surface area contributed by atoms with Crippen LogP contribution in [0.1, 0.15) is 20.8 Å². The van der Waals surface area contributed by atoms with Gasteiger partial charge in [-0.3, -0.25) is 9.78 Å². The molecule has 0 aliphatic carbocycles. The molecule has 1 heterocycles. The summed E-state index contributed by atoms with van der Waals surface area (Å²) in [5.74, 6) is -2.57. The molecule has 5 nitrogen and oxygen atoms in total. The van der Waals surface area contributed by atoms with E-state index in [4.69, 9.17) is 5.11 Å². The molecule has 6 heteroatoms. The van der Waals surface area contributed by atoms with Crippen molar-refractivity contribution in [3.8, 4) is 0 Å². The van der Waals surface area contributed by atoms with Crippen LogP contribution in [0.4, 0.5) is 10.1 Å². The SMILES string of the molecule is O=C(Nc1ccc(F)cc1C(=O)O)c1ccccn1. The van der Waals surface area contributed by atoms with Gasteiger partial charge in [-0.2, -0.15) is 0 Å². The fraction of sp³-hybridized carbons (Fsp3) is 0. The van der Waals surface area contributed by atoms with Crippen LogP contribution < -0.4 is 5.32 Å². The first-order chi connectivity index (χ1) is 9.08. The topological polar surface area (TPSA) is 79.3 Å². The molecule has 2 aromatic rings. The molecule has 0 aliphatic heterocycles. The fourth-order valence-corrected chi connectivity index (χ4v) is 1.49. The second kappa shape index (κ2) is 5.26. The molecule has 0 atom stereocenters. The Balaban J connectivity index is 2.29. The number of carboxylic acid groups (broad SMARTS) is 1. The second-order valence-electron chi connectivity index (χ2n) is 3.66. The van der Waals surface area contributed by atoms with Gasteiger partial charge in [0.15, 0.2) is 0 Å². The number of rotatable bonds is 3. The molecule has 0 bridgehead atoms. The summed E-state index contributed by atoms with van der Waals surface area (Å²) >= 11 is 0. The molecule has 96 valence electrons. The Bertz CT molecular complexity index is 629. The van der Waals surface area contributed by atoms with E-state index in [9.17, 15) is 14.0 Å². The number of benzene rings is 1. The van der Waals surface area contributed by atoms with E-state index < -0.39 is 17.7 Å². The quantitative estimate of drug-likeness (QED) is 0.886. The predicted octanol–water partition coefficient (Wildman–Crippen LogP) is 2.17. The number of amides is 1. The van der Waals surface area contributed by atoms with Crippen LogP contribution in [0.5, 0.6) is 0 Å². The molecular weight excluding hydrogens is 251 g/mol. The lowest BCUT2D eigenvalue weighted by molar-refractivity contribution is 0.0697. The molecule has 1 amide bonds. The van der Waals surface area contributed by atoms with Gasteiger partial charge in [0, 0.05) is 6.20 Å². The Hall–Kier alpha value is -2.76. The maximum absolute atomic E-state index is 13.0. The van der Waals surface area contributed by atoms with Crippen molar-refractivity contribution in [2.24, 2.45) is 0 Å². The van der Waals surface area contributed by atoms with Crippen molar-refractivity contribution in [1.82, 2.24) is 4.98 Å². The van der Waals surface area contributed by atoms with Crippen molar-refractivity contribution in [3.05, 3.63) is 59.7 Å².